The molecule has 0 saturated heterocycles. The number of hydrogen-bond donors (Lipinski definition) is 1. The molecule has 2 aliphatic rings. The van der Waals surface area contributed by atoms with Crippen molar-refractivity contribution < 1.29 is 19.1 Å². The first-order valence-electron chi connectivity index (χ1n) is 10.9. The average molecular weight is 434 g/mol. The number of carbonyl (C=O) groups excluding carboxylic acids is 3. The maximum atomic E-state index is 13.4. The molecule has 1 spiro atoms. The number of carbonyl (C=O) groups is 3. The van der Waals surface area contributed by atoms with E-state index < -0.39 is 5.66 Å². The van der Waals surface area contributed by atoms with Crippen LogP contribution in [0.3, 0.4) is 0 Å². The Labute approximate surface area is 187 Å². The molecule has 2 aromatic rings. The highest BCUT2D eigenvalue weighted by Crippen LogP contribution is 2.39. The summed E-state index contributed by atoms with van der Waals surface area (Å²) in [5.41, 5.74) is 1.62. The van der Waals surface area contributed by atoms with Gasteiger partial charge in [0.05, 0.1) is 7.11 Å². The van der Waals surface area contributed by atoms with Gasteiger partial charge in [-0.25, -0.2) is 0 Å². The van der Waals surface area contributed by atoms with Crippen molar-refractivity contribution >= 4 is 29.0 Å². The largest absolute Gasteiger partial charge is 0.497 e. The van der Waals surface area contributed by atoms with Gasteiger partial charge in [-0.1, -0.05) is 6.42 Å². The van der Waals surface area contributed by atoms with E-state index in [9.17, 15) is 14.4 Å². The van der Waals surface area contributed by atoms with Gasteiger partial charge in [-0.05, 0) is 81.1 Å². The quantitative estimate of drug-likeness (QED) is 0.702. The van der Waals surface area contributed by atoms with Gasteiger partial charge in [-0.3, -0.25) is 19.4 Å². The summed E-state index contributed by atoms with van der Waals surface area (Å²) in [5.74, 6) is 0.163. The Morgan fingerprint density at radius 1 is 1.03 bits per heavy atom. The predicted molar refractivity (Wildman–Crippen MR) is 122 cm³/mol. The standard InChI is InChI=1S/C25H27N3O4/c1-17(29)18-6-10-20(11-7-18)26-22(30)16-28-24(31)23(19-8-12-21(32-2)13-9-19)27-25(28)14-4-3-5-15-25/h6-13H,3-5,14-16H2,1-2H3,(H,26,30). The van der Waals surface area contributed by atoms with E-state index >= 15 is 0 Å². The van der Waals surface area contributed by atoms with Crippen molar-refractivity contribution in [3.05, 3.63) is 59.7 Å². The van der Waals surface area contributed by atoms with Crippen molar-refractivity contribution in [1.82, 2.24) is 4.90 Å². The predicted octanol–water partition coefficient (Wildman–Crippen LogP) is 3.83. The molecule has 2 amide bonds. The SMILES string of the molecule is COc1ccc(C2=NC3(CCCCC3)N(CC(=O)Nc3ccc(C(C)=O)cc3)C2=O)cc1. The first kappa shape index (κ1) is 21.7. The molecule has 0 bridgehead atoms. The minimum Gasteiger partial charge on any atom is -0.497 e. The molecule has 7 heteroatoms. The van der Waals surface area contributed by atoms with Crippen LogP contribution in [0, 0.1) is 0 Å². The molecule has 4 rings (SSSR count). The lowest BCUT2D eigenvalue weighted by Crippen LogP contribution is -2.51. The maximum absolute atomic E-state index is 13.4. The van der Waals surface area contributed by atoms with E-state index in [4.69, 9.17) is 9.73 Å². The van der Waals surface area contributed by atoms with Crippen LogP contribution in [0.1, 0.15) is 54.9 Å². The van der Waals surface area contributed by atoms with E-state index in [2.05, 4.69) is 5.32 Å². The van der Waals surface area contributed by atoms with Gasteiger partial charge in [-0.15, -0.1) is 0 Å². The van der Waals surface area contributed by atoms with Crippen LogP contribution < -0.4 is 10.1 Å². The Bertz CT molecular complexity index is 1050. The number of benzene rings is 2. The minimum atomic E-state index is -0.666. The highest BCUT2D eigenvalue weighted by Gasteiger charge is 2.48. The minimum absolute atomic E-state index is 0.0343. The molecule has 0 unspecified atom stereocenters. The van der Waals surface area contributed by atoms with Crippen molar-refractivity contribution in [3.63, 3.8) is 0 Å². The fourth-order valence-electron chi connectivity index (χ4n) is 4.42. The molecule has 1 heterocycles. The van der Waals surface area contributed by atoms with E-state index in [0.717, 1.165) is 37.7 Å². The molecular formula is C25H27N3O4. The molecule has 1 aliphatic carbocycles. The third-order valence-corrected chi connectivity index (χ3v) is 6.16. The summed E-state index contributed by atoms with van der Waals surface area (Å²) >= 11 is 0. The van der Waals surface area contributed by atoms with Crippen molar-refractivity contribution in [1.29, 1.82) is 0 Å². The summed E-state index contributed by atoms with van der Waals surface area (Å²) in [6, 6.07) is 14.0. The third kappa shape index (κ3) is 4.28. The molecule has 0 aromatic heterocycles. The van der Waals surface area contributed by atoms with Gasteiger partial charge >= 0.3 is 0 Å². The number of nitrogens with zero attached hydrogens (tertiary/aromatic N) is 2. The zero-order chi connectivity index (χ0) is 22.7. The van der Waals surface area contributed by atoms with Crippen LogP contribution in [0.15, 0.2) is 53.5 Å². The molecule has 166 valence electrons. The summed E-state index contributed by atoms with van der Waals surface area (Å²) in [6.45, 7) is 1.42. The van der Waals surface area contributed by atoms with E-state index in [-0.39, 0.29) is 24.1 Å². The lowest BCUT2D eigenvalue weighted by Gasteiger charge is -2.38. The van der Waals surface area contributed by atoms with Crippen LogP contribution in [0.5, 0.6) is 5.75 Å². The van der Waals surface area contributed by atoms with Crippen LogP contribution in [-0.4, -0.2) is 47.5 Å². The van der Waals surface area contributed by atoms with Crippen LogP contribution in [0.4, 0.5) is 5.69 Å². The van der Waals surface area contributed by atoms with E-state index in [1.807, 2.05) is 12.1 Å². The Kier molecular flexibility index (Phi) is 6.08. The fraction of sp³-hybridized carbons (Fsp3) is 0.360. The lowest BCUT2D eigenvalue weighted by atomic mass is 9.88. The number of ketones is 1. The highest BCUT2D eigenvalue weighted by atomic mass is 16.5. The second kappa shape index (κ2) is 8.94. The zero-order valence-corrected chi connectivity index (χ0v) is 18.4. The maximum Gasteiger partial charge on any atom is 0.275 e. The first-order chi connectivity index (χ1) is 15.4. The first-order valence-corrected chi connectivity index (χ1v) is 10.9. The topological polar surface area (TPSA) is 88.1 Å². The Balaban J connectivity index is 1.54. The van der Waals surface area contributed by atoms with E-state index in [1.54, 1.807) is 48.4 Å². The van der Waals surface area contributed by atoms with Gasteiger partial charge in [0.15, 0.2) is 5.78 Å². The molecule has 1 fully saturated rings. The molecule has 1 N–H and O–H groups in total. The number of nitrogens with one attached hydrogen (secondary N) is 1. The summed E-state index contributed by atoms with van der Waals surface area (Å²) in [4.78, 5) is 44.2. The van der Waals surface area contributed by atoms with Gasteiger partial charge < -0.3 is 15.0 Å². The zero-order valence-electron chi connectivity index (χ0n) is 18.4. The average Bonchev–Trinajstić information content (AvgIpc) is 3.06. The van der Waals surface area contributed by atoms with Crippen molar-refractivity contribution in [2.45, 2.75) is 44.7 Å². The van der Waals surface area contributed by atoms with Gasteiger partial charge in [0.25, 0.3) is 5.91 Å². The summed E-state index contributed by atoms with van der Waals surface area (Å²) in [6.07, 6.45) is 4.54. The van der Waals surface area contributed by atoms with Crippen molar-refractivity contribution in [2.75, 3.05) is 19.0 Å². The molecule has 7 nitrogen and oxygen atoms in total. The molecular weight excluding hydrogens is 406 g/mol. The van der Waals surface area contributed by atoms with Crippen molar-refractivity contribution in [3.8, 4) is 5.75 Å². The number of methoxy groups -OCH3 is 1. The van der Waals surface area contributed by atoms with E-state index in [1.165, 1.54) is 6.92 Å². The van der Waals surface area contributed by atoms with Gasteiger partial charge in [0.1, 0.15) is 23.7 Å². The number of aliphatic imine (C=N–C) groups is 1. The fourth-order valence-corrected chi connectivity index (χ4v) is 4.42. The molecule has 1 aliphatic heterocycles. The van der Waals surface area contributed by atoms with Crippen molar-refractivity contribution in [2.24, 2.45) is 4.99 Å². The van der Waals surface area contributed by atoms with Crippen LogP contribution >= 0.6 is 0 Å². The lowest BCUT2D eigenvalue weighted by molar-refractivity contribution is -0.134. The number of anilines is 1. The molecule has 1 saturated carbocycles. The normalized spacial score (nSPS) is 17.2. The number of rotatable bonds is 6. The van der Waals surface area contributed by atoms with Crippen LogP contribution in [0.25, 0.3) is 0 Å². The Hall–Kier alpha value is -3.48. The molecule has 0 atom stereocenters. The summed E-state index contributed by atoms with van der Waals surface area (Å²) < 4.78 is 5.21. The second-order valence-electron chi connectivity index (χ2n) is 8.31. The number of Topliss-reactive ketones (excluding diaryl/α,β-unsaturated/α-hetero) is 1. The van der Waals surface area contributed by atoms with Gasteiger partial charge in [0, 0.05) is 16.8 Å². The van der Waals surface area contributed by atoms with Crippen LogP contribution in [-0.2, 0) is 9.59 Å². The third-order valence-electron chi connectivity index (χ3n) is 6.16. The van der Waals surface area contributed by atoms with E-state index in [0.29, 0.717) is 22.7 Å². The molecule has 2 aromatic carbocycles. The number of hydrogen-bond acceptors (Lipinski definition) is 5. The van der Waals surface area contributed by atoms with Crippen LogP contribution in [0.2, 0.25) is 0 Å². The molecule has 32 heavy (non-hydrogen) atoms. The Morgan fingerprint density at radius 2 is 1.69 bits per heavy atom. The number of amides is 2. The second-order valence-corrected chi connectivity index (χ2v) is 8.31. The van der Waals surface area contributed by atoms with Gasteiger partial charge in [0.2, 0.25) is 5.91 Å². The summed E-state index contributed by atoms with van der Waals surface area (Å²) in [7, 11) is 1.60. The number of ether oxygens (including phenoxy) is 1. The molecule has 0 radical (unpaired) electrons. The Morgan fingerprint density at radius 3 is 2.28 bits per heavy atom. The van der Waals surface area contributed by atoms with Gasteiger partial charge in [-0.2, -0.15) is 0 Å². The summed E-state index contributed by atoms with van der Waals surface area (Å²) in [5, 5.41) is 2.84. The monoisotopic (exact) mass is 433 g/mol. The highest BCUT2D eigenvalue weighted by molar-refractivity contribution is 6.47. The smallest absolute Gasteiger partial charge is 0.275 e.